The van der Waals surface area contributed by atoms with Crippen LogP contribution >= 0.6 is 11.8 Å². The third-order valence-corrected chi connectivity index (χ3v) is 4.12. The lowest BCUT2D eigenvalue weighted by molar-refractivity contribution is 0.0938. The molecule has 0 spiro atoms. The number of benzene rings is 1. The van der Waals surface area contributed by atoms with Gasteiger partial charge in [0.25, 0.3) is 5.91 Å². The van der Waals surface area contributed by atoms with Crippen molar-refractivity contribution in [2.24, 2.45) is 0 Å². The molecule has 1 heterocycles. The van der Waals surface area contributed by atoms with E-state index < -0.39 is 0 Å². The highest BCUT2D eigenvalue weighted by Gasteiger charge is 2.18. The van der Waals surface area contributed by atoms with E-state index in [-0.39, 0.29) is 11.9 Å². The Balaban J connectivity index is 2.07. The number of fused-ring (bicyclic) bond motifs is 1. The number of hydrogen-bond acceptors (Lipinski definition) is 3. The maximum Gasteiger partial charge on any atom is 0.251 e. The second-order valence-electron chi connectivity index (χ2n) is 5.02. The summed E-state index contributed by atoms with van der Waals surface area (Å²) in [5.74, 6) is 1.14. The van der Waals surface area contributed by atoms with Gasteiger partial charge in [0.15, 0.2) is 0 Å². The van der Waals surface area contributed by atoms with E-state index in [0.717, 1.165) is 42.8 Å². The van der Waals surface area contributed by atoms with Gasteiger partial charge >= 0.3 is 0 Å². The van der Waals surface area contributed by atoms with E-state index in [0.29, 0.717) is 0 Å². The van der Waals surface area contributed by atoms with E-state index in [1.54, 1.807) is 0 Å². The van der Waals surface area contributed by atoms with Crippen LogP contribution in [0, 0.1) is 0 Å². The number of hydrogen-bond donors (Lipinski definition) is 2. The molecule has 0 fully saturated rings. The molecule has 104 valence electrons. The molecule has 2 rings (SSSR count). The SMILES string of the molecule is CSCCC(C)NC(=O)c1cccc2c1CCCN2. The molecule has 4 heteroatoms. The molecule has 0 saturated heterocycles. The number of carbonyl (C=O) groups excluding carboxylic acids is 1. The highest BCUT2D eigenvalue weighted by molar-refractivity contribution is 7.98. The molecule has 0 bridgehead atoms. The fourth-order valence-corrected chi connectivity index (χ4v) is 2.98. The number of thioether (sulfide) groups is 1. The zero-order chi connectivity index (χ0) is 13.7. The Kier molecular flexibility index (Phi) is 5.14. The van der Waals surface area contributed by atoms with Crippen molar-refractivity contribution in [1.29, 1.82) is 0 Å². The van der Waals surface area contributed by atoms with Crippen LogP contribution in [-0.4, -0.2) is 30.5 Å². The molecule has 3 nitrogen and oxygen atoms in total. The van der Waals surface area contributed by atoms with E-state index in [2.05, 4.69) is 29.9 Å². The quantitative estimate of drug-likeness (QED) is 0.870. The summed E-state index contributed by atoms with van der Waals surface area (Å²) < 4.78 is 0. The lowest BCUT2D eigenvalue weighted by Gasteiger charge is -2.21. The average molecular weight is 278 g/mol. The number of amides is 1. The van der Waals surface area contributed by atoms with Crippen LogP contribution in [0.1, 0.15) is 35.7 Å². The van der Waals surface area contributed by atoms with E-state index in [1.807, 2.05) is 23.9 Å². The summed E-state index contributed by atoms with van der Waals surface area (Å²) >= 11 is 1.81. The minimum atomic E-state index is 0.0640. The summed E-state index contributed by atoms with van der Waals surface area (Å²) in [4.78, 5) is 12.3. The molecule has 1 aliphatic rings. The van der Waals surface area contributed by atoms with Crippen LogP contribution in [-0.2, 0) is 6.42 Å². The molecule has 2 N–H and O–H groups in total. The van der Waals surface area contributed by atoms with Crippen LogP contribution in [0.15, 0.2) is 18.2 Å². The molecule has 0 aliphatic carbocycles. The molecule has 0 radical (unpaired) electrons. The van der Waals surface area contributed by atoms with Crippen LogP contribution in [0.4, 0.5) is 5.69 Å². The Hall–Kier alpha value is -1.16. The molecular formula is C15H22N2OS. The highest BCUT2D eigenvalue weighted by atomic mass is 32.2. The van der Waals surface area contributed by atoms with Crippen molar-refractivity contribution in [3.63, 3.8) is 0 Å². The molecule has 1 amide bonds. The van der Waals surface area contributed by atoms with Crippen molar-refractivity contribution >= 4 is 23.4 Å². The number of anilines is 1. The minimum Gasteiger partial charge on any atom is -0.385 e. The van der Waals surface area contributed by atoms with Gasteiger partial charge in [-0.2, -0.15) is 11.8 Å². The maximum atomic E-state index is 12.3. The largest absolute Gasteiger partial charge is 0.385 e. The van der Waals surface area contributed by atoms with Gasteiger partial charge < -0.3 is 10.6 Å². The van der Waals surface area contributed by atoms with E-state index in [9.17, 15) is 4.79 Å². The number of carbonyl (C=O) groups is 1. The Morgan fingerprint density at radius 1 is 1.53 bits per heavy atom. The van der Waals surface area contributed by atoms with Crippen molar-refractivity contribution < 1.29 is 4.79 Å². The molecule has 1 aromatic rings. The molecule has 0 saturated carbocycles. The van der Waals surface area contributed by atoms with Gasteiger partial charge in [0.1, 0.15) is 0 Å². The summed E-state index contributed by atoms with van der Waals surface area (Å²) in [5.41, 5.74) is 3.12. The Morgan fingerprint density at radius 2 is 2.37 bits per heavy atom. The first kappa shape index (κ1) is 14.3. The Bertz CT molecular complexity index is 448. The molecule has 1 atom stereocenters. The third kappa shape index (κ3) is 3.66. The second-order valence-corrected chi connectivity index (χ2v) is 6.00. The molecule has 0 aromatic heterocycles. The van der Waals surface area contributed by atoms with Gasteiger partial charge in [-0.05, 0) is 55.9 Å². The molecule has 1 unspecified atom stereocenters. The maximum absolute atomic E-state index is 12.3. The summed E-state index contributed by atoms with van der Waals surface area (Å²) in [7, 11) is 0. The van der Waals surface area contributed by atoms with Crippen molar-refractivity contribution in [3.8, 4) is 0 Å². The summed E-state index contributed by atoms with van der Waals surface area (Å²) in [6, 6.07) is 6.18. The zero-order valence-electron chi connectivity index (χ0n) is 11.7. The molecular weight excluding hydrogens is 256 g/mol. The monoisotopic (exact) mass is 278 g/mol. The van der Waals surface area contributed by atoms with E-state index in [1.165, 1.54) is 5.56 Å². The third-order valence-electron chi connectivity index (χ3n) is 3.47. The standard InChI is InChI=1S/C15H22N2OS/c1-11(8-10-19-2)17-15(18)13-5-3-7-14-12(13)6-4-9-16-14/h3,5,7,11,16H,4,6,8-10H2,1-2H3,(H,17,18). The first-order valence-corrected chi connectivity index (χ1v) is 8.27. The second kappa shape index (κ2) is 6.85. The molecule has 1 aromatic carbocycles. The van der Waals surface area contributed by atoms with Gasteiger partial charge in [0, 0.05) is 23.8 Å². The fourth-order valence-electron chi connectivity index (χ4n) is 2.39. The lowest BCUT2D eigenvalue weighted by Crippen LogP contribution is -2.34. The minimum absolute atomic E-state index is 0.0640. The van der Waals surface area contributed by atoms with Gasteiger partial charge in [-0.1, -0.05) is 6.07 Å². The predicted octanol–water partition coefficient (Wildman–Crippen LogP) is 2.92. The van der Waals surface area contributed by atoms with E-state index >= 15 is 0 Å². The summed E-state index contributed by atoms with van der Waals surface area (Å²) in [5, 5.41) is 6.46. The van der Waals surface area contributed by atoms with Gasteiger partial charge in [-0.15, -0.1) is 0 Å². The van der Waals surface area contributed by atoms with Gasteiger partial charge in [0.05, 0.1) is 0 Å². The summed E-state index contributed by atoms with van der Waals surface area (Å²) in [6.45, 7) is 3.07. The molecule has 1 aliphatic heterocycles. The summed E-state index contributed by atoms with van der Waals surface area (Å²) in [6.07, 6.45) is 5.19. The normalized spacial score (nSPS) is 15.3. The first-order chi connectivity index (χ1) is 9.22. The van der Waals surface area contributed by atoms with Crippen molar-refractivity contribution in [2.45, 2.75) is 32.2 Å². The van der Waals surface area contributed by atoms with Crippen molar-refractivity contribution in [1.82, 2.24) is 5.32 Å². The number of nitrogens with one attached hydrogen (secondary N) is 2. The topological polar surface area (TPSA) is 41.1 Å². The van der Waals surface area contributed by atoms with Crippen LogP contribution in [0.2, 0.25) is 0 Å². The van der Waals surface area contributed by atoms with Gasteiger partial charge in [-0.25, -0.2) is 0 Å². The van der Waals surface area contributed by atoms with Gasteiger partial charge in [-0.3, -0.25) is 4.79 Å². The van der Waals surface area contributed by atoms with E-state index in [4.69, 9.17) is 0 Å². The average Bonchev–Trinajstić information content (AvgIpc) is 2.44. The zero-order valence-corrected chi connectivity index (χ0v) is 12.5. The fraction of sp³-hybridized carbons (Fsp3) is 0.533. The van der Waals surface area contributed by atoms with Crippen molar-refractivity contribution in [2.75, 3.05) is 23.9 Å². The lowest BCUT2D eigenvalue weighted by atomic mass is 9.97. The number of rotatable bonds is 5. The van der Waals surface area contributed by atoms with Crippen LogP contribution in [0.5, 0.6) is 0 Å². The van der Waals surface area contributed by atoms with Crippen molar-refractivity contribution in [3.05, 3.63) is 29.3 Å². The van der Waals surface area contributed by atoms with Crippen LogP contribution in [0.25, 0.3) is 0 Å². The van der Waals surface area contributed by atoms with Crippen LogP contribution < -0.4 is 10.6 Å². The predicted molar refractivity (Wildman–Crippen MR) is 83.2 cm³/mol. The first-order valence-electron chi connectivity index (χ1n) is 6.88. The Morgan fingerprint density at radius 3 is 3.16 bits per heavy atom. The Labute approximate surface area is 119 Å². The smallest absolute Gasteiger partial charge is 0.251 e. The van der Waals surface area contributed by atoms with Gasteiger partial charge in [0.2, 0.25) is 0 Å². The molecule has 19 heavy (non-hydrogen) atoms. The van der Waals surface area contributed by atoms with Crippen LogP contribution in [0.3, 0.4) is 0 Å². The highest BCUT2D eigenvalue weighted by Crippen LogP contribution is 2.25.